The SMILES string of the molecule is N#Cc1c(Nc2ccc(Br)cc2)n[nH]c1N. The number of nitriles is 1. The van der Waals surface area contributed by atoms with Crippen LogP contribution < -0.4 is 11.1 Å². The minimum Gasteiger partial charge on any atom is -0.383 e. The Balaban J connectivity index is 2.27. The summed E-state index contributed by atoms with van der Waals surface area (Å²) in [7, 11) is 0. The van der Waals surface area contributed by atoms with Gasteiger partial charge >= 0.3 is 0 Å². The molecule has 16 heavy (non-hydrogen) atoms. The third-order valence-corrected chi connectivity index (χ3v) is 2.54. The lowest BCUT2D eigenvalue weighted by molar-refractivity contribution is 1.10. The molecule has 0 bridgehead atoms. The normalized spacial score (nSPS) is 9.75. The lowest BCUT2D eigenvalue weighted by Gasteiger charge is -2.02. The number of rotatable bonds is 2. The van der Waals surface area contributed by atoms with Crippen LogP contribution in [0.2, 0.25) is 0 Å². The third kappa shape index (κ3) is 1.99. The number of anilines is 3. The van der Waals surface area contributed by atoms with E-state index < -0.39 is 0 Å². The molecule has 0 radical (unpaired) electrons. The molecule has 0 aliphatic rings. The van der Waals surface area contributed by atoms with Crippen LogP contribution >= 0.6 is 15.9 Å². The molecule has 0 aliphatic carbocycles. The molecule has 0 spiro atoms. The van der Waals surface area contributed by atoms with E-state index in [1.807, 2.05) is 30.3 Å². The zero-order valence-corrected chi connectivity index (χ0v) is 9.75. The van der Waals surface area contributed by atoms with E-state index in [1.54, 1.807) is 0 Å². The Kier molecular flexibility index (Phi) is 2.79. The second-order valence-corrected chi connectivity index (χ2v) is 4.02. The molecule has 1 aromatic carbocycles. The van der Waals surface area contributed by atoms with E-state index in [0.29, 0.717) is 11.4 Å². The quantitative estimate of drug-likeness (QED) is 0.786. The largest absolute Gasteiger partial charge is 0.383 e. The van der Waals surface area contributed by atoms with Crippen LogP contribution in [0.1, 0.15) is 5.56 Å². The molecule has 5 nitrogen and oxygen atoms in total. The van der Waals surface area contributed by atoms with Gasteiger partial charge in [-0.1, -0.05) is 15.9 Å². The molecule has 0 amide bonds. The maximum atomic E-state index is 8.87. The fourth-order valence-electron chi connectivity index (χ4n) is 1.23. The summed E-state index contributed by atoms with van der Waals surface area (Å²) in [6.07, 6.45) is 0. The van der Waals surface area contributed by atoms with Crippen LogP contribution in [0.15, 0.2) is 28.7 Å². The van der Waals surface area contributed by atoms with Crippen molar-refractivity contribution in [1.29, 1.82) is 5.26 Å². The average molecular weight is 278 g/mol. The molecule has 0 atom stereocenters. The highest BCUT2D eigenvalue weighted by atomic mass is 79.9. The minimum atomic E-state index is 0.266. The lowest BCUT2D eigenvalue weighted by Crippen LogP contribution is -1.93. The Bertz CT molecular complexity index is 537. The highest BCUT2D eigenvalue weighted by molar-refractivity contribution is 9.10. The maximum Gasteiger partial charge on any atom is 0.172 e. The number of aromatic amines is 1. The van der Waals surface area contributed by atoms with E-state index >= 15 is 0 Å². The zero-order valence-electron chi connectivity index (χ0n) is 8.16. The van der Waals surface area contributed by atoms with E-state index in [9.17, 15) is 0 Å². The summed E-state index contributed by atoms with van der Waals surface area (Å²) in [5.41, 5.74) is 6.70. The van der Waals surface area contributed by atoms with Gasteiger partial charge in [0, 0.05) is 10.2 Å². The van der Waals surface area contributed by atoms with E-state index in [0.717, 1.165) is 10.2 Å². The van der Waals surface area contributed by atoms with E-state index in [4.69, 9.17) is 11.0 Å². The fraction of sp³-hybridized carbons (Fsp3) is 0. The number of nitrogens with two attached hydrogens (primary N) is 1. The maximum absolute atomic E-state index is 8.87. The van der Waals surface area contributed by atoms with Crippen LogP contribution in [0, 0.1) is 11.3 Å². The molecule has 2 aromatic rings. The van der Waals surface area contributed by atoms with Gasteiger partial charge in [-0.3, -0.25) is 5.10 Å². The van der Waals surface area contributed by atoms with Gasteiger partial charge in [0.2, 0.25) is 0 Å². The first kappa shape index (κ1) is 10.5. The van der Waals surface area contributed by atoms with Gasteiger partial charge in [0.15, 0.2) is 5.82 Å². The monoisotopic (exact) mass is 277 g/mol. The van der Waals surface area contributed by atoms with E-state index in [2.05, 4.69) is 31.4 Å². The Hall–Kier alpha value is -2.00. The second kappa shape index (κ2) is 4.24. The number of nitrogens with one attached hydrogen (secondary N) is 2. The van der Waals surface area contributed by atoms with Crippen molar-refractivity contribution in [3.8, 4) is 6.07 Å². The average Bonchev–Trinajstić information content (AvgIpc) is 2.63. The van der Waals surface area contributed by atoms with Gasteiger partial charge in [-0.25, -0.2) is 0 Å². The second-order valence-electron chi connectivity index (χ2n) is 3.10. The van der Waals surface area contributed by atoms with Gasteiger partial charge in [-0.05, 0) is 24.3 Å². The molecule has 0 unspecified atom stereocenters. The Morgan fingerprint density at radius 1 is 1.38 bits per heavy atom. The number of hydrogen-bond donors (Lipinski definition) is 3. The summed E-state index contributed by atoms with van der Waals surface area (Å²) >= 11 is 3.34. The van der Waals surface area contributed by atoms with Crippen molar-refractivity contribution < 1.29 is 0 Å². The highest BCUT2D eigenvalue weighted by Crippen LogP contribution is 2.22. The summed E-state index contributed by atoms with van der Waals surface area (Å²) < 4.78 is 0.986. The molecular weight excluding hydrogens is 270 g/mol. The van der Waals surface area contributed by atoms with E-state index in [-0.39, 0.29) is 5.82 Å². The topological polar surface area (TPSA) is 90.5 Å². The third-order valence-electron chi connectivity index (χ3n) is 2.01. The minimum absolute atomic E-state index is 0.266. The van der Waals surface area contributed by atoms with Crippen LogP contribution in [-0.4, -0.2) is 10.2 Å². The van der Waals surface area contributed by atoms with Crippen LogP contribution in [0.4, 0.5) is 17.3 Å². The number of H-pyrrole nitrogens is 1. The first-order valence-electron chi connectivity index (χ1n) is 4.47. The van der Waals surface area contributed by atoms with Crippen molar-refractivity contribution >= 4 is 33.3 Å². The number of nitrogen functional groups attached to an aromatic ring is 1. The number of nitrogens with zero attached hydrogens (tertiary/aromatic N) is 2. The molecule has 1 heterocycles. The Morgan fingerprint density at radius 3 is 2.69 bits per heavy atom. The van der Waals surface area contributed by atoms with Gasteiger partial charge in [0.1, 0.15) is 17.5 Å². The molecule has 80 valence electrons. The van der Waals surface area contributed by atoms with Crippen molar-refractivity contribution in [2.24, 2.45) is 0 Å². The predicted molar refractivity (Wildman–Crippen MR) is 65.1 cm³/mol. The molecule has 0 saturated carbocycles. The van der Waals surface area contributed by atoms with Gasteiger partial charge in [-0.15, -0.1) is 0 Å². The first-order valence-corrected chi connectivity index (χ1v) is 5.26. The van der Waals surface area contributed by atoms with Gasteiger partial charge < -0.3 is 11.1 Å². The van der Waals surface area contributed by atoms with Crippen molar-refractivity contribution in [2.45, 2.75) is 0 Å². The molecule has 0 aliphatic heterocycles. The molecule has 2 rings (SSSR count). The van der Waals surface area contributed by atoms with E-state index in [1.165, 1.54) is 0 Å². The lowest BCUT2D eigenvalue weighted by atomic mass is 10.3. The number of halogens is 1. The number of aromatic nitrogens is 2. The first-order chi connectivity index (χ1) is 7.70. The molecule has 4 N–H and O–H groups in total. The fourth-order valence-corrected chi connectivity index (χ4v) is 1.49. The highest BCUT2D eigenvalue weighted by Gasteiger charge is 2.09. The summed E-state index contributed by atoms with van der Waals surface area (Å²) in [5, 5.41) is 18.3. The number of benzene rings is 1. The summed E-state index contributed by atoms with van der Waals surface area (Å²) in [6.45, 7) is 0. The van der Waals surface area contributed by atoms with Crippen LogP contribution in [0.3, 0.4) is 0 Å². The Morgan fingerprint density at radius 2 is 2.06 bits per heavy atom. The standard InChI is InChI=1S/C10H8BrN5/c11-6-1-3-7(4-2-6)14-10-8(5-12)9(13)15-16-10/h1-4H,(H4,13,14,15,16). The zero-order chi connectivity index (χ0) is 11.5. The van der Waals surface area contributed by atoms with Crippen LogP contribution in [0.5, 0.6) is 0 Å². The van der Waals surface area contributed by atoms with Gasteiger partial charge in [0.05, 0.1) is 0 Å². The van der Waals surface area contributed by atoms with Crippen molar-refractivity contribution in [2.75, 3.05) is 11.1 Å². The van der Waals surface area contributed by atoms with Crippen molar-refractivity contribution in [3.63, 3.8) is 0 Å². The smallest absolute Gasteiger partial charge is 0.172 e. The van der Waals surface area contributed by atoms with Crippen LogP contribution in [0.25, 0.3) is 0 Å². The predicted octanol–water partition coefficient (Wildman–Crippen LogP) is 2.37. The molecule has 0 saturated heterocycles. The molecular formula is C10H8BrN5. The molecule has 1 aromatic heterocycles. The molecule has 6 heteroatoms. The van der Waals surface area contributed by atoms with Crippen molar-refractivity contribution in [3.05, 3.63) is 34.3 Å². The summed E-state index contributed by atoms with van der Waals surface area (Å²) in [6, 6.07) is 9.51. The van der Waals surface area contributed by atoms with Crippen molar-refractivity contribution in [1.82, 2.24) is 10.2 Å². The van der Waals surface area contributed by atoms with Gasteiger partial charge in [-0.2, -0.15) is 10.4 Å². The summed E-state index contributed by atoms with van der Waals surface area (Å²) in [5.74, 6) is 0.699. The van der Waals surface area contributed by atoms with Gasteiger partial charge in [0.25, 0.3) is 0 Å². The summed E-state index contributed by atoms with van der Waals surface area (Å²) in [4.78, 5) is 0. The molecule has 0 fully saturated rings. The van der Waals surface area contributed by atoms with Crippen LogP contribution in [-0.2, 0) is 0 Å². The number of hydrogen-bond acceptors (Lipinski definition) is 4. The Labute approximate surface area is 100 Å².